The zero-order valence-corrected chi connectivity index (χ0v) is 9.40. The van der Waals surface area contributed by atoms with Gasteiger partial charge in [0.05, 0.1) is 6.61 Å². The second-order valence-electron chi connectivity index (χ2n) is 4.53. The van der Waals surface area contributed by atoms with E-state index in [1.165, 1.54) is 18.9 Å². The van der Waals surface area contributed by atoms with E-state index in [0.29, 0.717) is 6.54 Å². The minimum absolute atomic E-state index is 0.169. The van der Waals surface area contributed by atoms with Crippen LogP contribution in [0.2, 0.25) is 0 Å². The minimum atomic E-state index is -0.187. The second kappa shape index (κ2) is 5.41. The highest BCUT2D eigenvalue weighted by atomic mass is 19.1. The zero-order valence-electron chi connectivity index (χ0n) is 9.40. The average Bonchev–Trinajstić information content (AvgIpc) is 3.02. The Kier molecular flexibility index (Phi) is 3.91. The number of aliphatic hydroxyl groups is 1. The summed E-state index contributed by atoms with van der Waals surface area (Å²) >= 11 is 0. The van der Waals surface area contributed by atoms with E-state index in [4.69, 9.17) is 5.11 Å². The summed E-state index contributed by atoms with van der Waals surface area (Å²) in [5.74, 6) is 0.605. The standard InChI is InChI=1S/C13H18FNO/c14-13-3-1-2-12(8-13)10-15(6-7-16)9-11-4-5-11/h1-3,8,11,16H,4-7,9-10H2. The van der Waals surface area contributed by atoms with Gasteiger partial charge in [-0.1, -0.05) is 12.1 Å². The zero-order chi connectivity index (χ0) is 11.4. The molecular weight excluding hydrogens is 205 g/mol. The van der Waals surface area contributed by atoms with E-state index < -0.39 is 0 Å². The fourth-order valence-electron chi connectivity index (χ4n) is 1.94. The van der Waals surface area contributed by atoms with Crippen LogP contribution in [0.5, 0.6) is 0 Å². The Morgan fingerprint density at radius 2 is 2.19 bits per heavy atom. The predicted molar refractivity (Wildman–Crippen MR) is 61.5 cm³/mol. The van der Waals surface area contributed by atoms with Crippen molar-refractivity contribution in [2.24, 2.45) is 5.92 Å². The third-order valence-electron chi connectivity index (χ3n) is 2.92. The van der Waals surface area contributed by atoms with Crippen molar-refractivity contribution in [3.05, 3.63) is 35.6 Å². The van der Waals surface area contributed by atoms with Gasteiger partial charge in [-0.3, -0.25) is 4.90 Å². The molecule has 1 aromatic carbocycles. The van der Waals surface area contributed by atoms with Gasteiger partial charge in [0.1, 0.15) is 5.82 Å². The Bertz CT molecular complexity index is 338. The van der Waals surface area contributed by atoms with Crippen molar-refractivity contribution in [2.45, 2.75) is 19.4 Å². The van der Waals surface area contributed by atoms with Crippen LogP contribution in [0, 0.1) is 11.7 Å². The van der Waals surface area contributed by atoms with E-state index in [-0.39, 0.29) is 12.4 Å². The van der Waals surface area contributed by atoms with Crippen LogP contribution < -0.4 is 0 Å². The van der Waals surface area contributed by atoms with E-state index in [0.717, 1.165) is 24.6 Å². The van der Waals surface area contributed by atoms with E-state index in [1.807, 2.05) is 6.07 Å². The third kappa shape index (κ3) is 3.58. The molecular formula is C13H18FNO. The highest BCUT2D eigenvalue weighted by Crippen LogP contribution is 2.30. The van der Waals surface area contributed by atoms with Crippen LogP contribution in [0.3, 0.4) is 0 Å². The van der Waals surface area contributed by atoms with Crippen molar-refractivity contribution < 1.29 is 9.50 Å². The first-order valence-electron chi connectivity index (χ1n) is 5.85. The van der Waals surface area contributed by atoms with Gasteiger partial charge < -0.3 is 5.11 Å². The molecule has 1 N–H and O–H groups in total. The molecule has 2 rings (SSSR count). The Morgan fingerprint density at radius 3 is 2.81 bits per heavy atom. The summed E-state index contributed by atoms with van der Waals surface area (Å²) in [6, 6.07) is 6.69. The molecule has 0 bridgehead atoms. The number of halogens is 1. The maximum absolute atomic E-state index is 13.0. The first-order chi connectivity index (χ1) is 7.78. The van der Waals surface area contributed by atoms with Crippen LogP contribution >= 0.6 is 0 Å². The first-order valence-corrected chi connectivity index (χ1v) is 5.85. The molecule has 1 aromatic rings. The molecule has 2 nitrogen and oxygen atoms in total. The van der Waals surface area contributed by atoms with Gasteiger partial charge in [-0.25, -0.2) is 4.39 Å². The number of hydrogen-bond donors (Lipinski definition) is 1. The number of benzene rings is 1. The topological polar surface area (TPSA) is 23.5 Å². The molecule has 0 unspecified atom stereocenters. The SMILES string of the molecule is OCCN(Cc1cccc(F)c1)CC1CC1. The summed E-state index contributed by atoms with van der Waals surface area (Å²) in [7, 11) is 0. The molecule has 3 heteroatoms. The lowest BCUT2D eigenvalue weighted by molar-refractivity contribution is 0.184. The van der Waals surface area contributed by atoms with Crippen molar-refractivity contribution in [3.8, 4) is 0 Å². The van der Waals surface area contributed by atoms with E-state index in [1.54, 1.807) is 12.1 Å². The number of aliphatic hydroxyl groups excluding tert-OH is 1. The van der Waals surface area contributed by atoms with E-state index in [9.17, 15) is 4.39 Å². The molecule has 0 heterocycles. The number of hydrogen-bond acceptors (Lipinski definition) is 2. The fourth-order valence-corrected chi connectivity index (χ4v) is 1.94. The third-order valence-corrected chi connectivity index (χ3v) is 2.92. The van der Waals surface area contributed by atoms with Crippen LogP contribution in [0.15, 0.2) is 24.3 Å². The smallest absolute Gasteiger partial charge is 0.123 e. The van der Waals surface area contributed by atoms with Crippen LogP contribution in [-0.2, 0) is 6.54 Å². The van der Waals surface area contributed by atoms with Gasteiger partial charge in [0.25, 0.3) is 0 Å². The summed E-state index contributed by atoms with van der Waals surface area (Å²) < 4.78 is 13.0. The molecule has 1 aliphatic rings. The maximum Gasteiger partial charge on any atom is 0.123 e. The van der Waals surface area contributed by atoms with E-state index in [2.05, 4.69) is 4.90 Å². The first kappa shape index (κ1) is 11.6. The van der Waals surface area contributed by atoms with Crippen molar-refractivity contribution in [1.82, 2.24) is 4.90 Å². The molecule has 0 atom stereocenters. The van der Waals surface area contributed by atoms with Crippen molar-refractivity contribution in [1.29, 1.82) is 0 Å². The number of rotatable bonds is 6. The van der Waals surface area contributed by atoms with Gasteiger partial charge in [-0.2, -0.15) is 0 Å². The molecule has 0 aromatic heterocycles. The molecule has 0 spiro atoms. The molecule has 0 saturated heterocycles. The summed E-state index contributed by atoms with van der Waals surface area (Å²) in [5.41, 5.74) is 0.981. The summed E-state index contributed by atoms with van der Waals surface area (Å²) in [4.78, 5) is 2.20. The second-order valence-corrected chi connectivity index (χ2v) is 4.53. The van der Waals surface area contributed by atoms with Gasteiger partial charge in [0.2, 0.25) is 0 Å². The molecule has 1 aliphatic carbocycles. The average molecular weight is 223 g/mol. The molecule has 16 heavy (non-hydrogen) atoms. The summed E-state index contributed by atoms with van der Waals surface area (Å²) in [6.07, 6.45) is 2.59. The largest absolute Gasteiger partial charge is 0.395 e. The minimum Gasteiger partial charge on any atom is -0.395 e. The van der Waals surface area contributed by atoms with Crippen LogP contribution in [0.1, 0.15) is 18.4 Å². The van der Waals surface area contributed by atoms with E-state index >= 15 is 0 Å². The lowest BCUT2D eigenvalue weighted by atomic mass is 10.2. The Morgan fingerprint density at radius 1 is 1.38 bits per heavy atom. The predicted octanol–water partition coefficient (Wildman–Crippen LogP) is 2.03. The Hall–Kier alpha value is -0.930. The molecule has 88 valence electrons. The number of nitrogens with zero attached hydrogens (tertiary/aromatic N) is 1. The Labute approximate surface area is 95.7 Å². The normalized spacial score (nSPS) is 15.7. The van der Waals surface area contributed by atoms with Gasteiger partial charge in [0.15, 0.2) is 0 Å². The highest BCUT2D eigenvalue weighted by Gasteiger charge is 2.24. The van der Waals surface area contributed by atoms with Crippen LogP contribution in [-0.4, -0.2) is 29.7 Å². The van der Waals surface area contributed by atoms with Crippen LogP contribution in [0.25, 0.3) is 0 Å². The van der Waals surface area contributed by atoms with Gasteiger partial charge in [-0.05, 0) is 36.5 Å². The summed E-state index contributed by atoms with van der Waals surface area (Å²) in [5, 5.41) is 8.99. The lowest BCUT2D eigenvalue weighted by Gasteiger charge is -2.21. The van der Waals surface area contributed by atoms with Crippen molar-refractivity contribution >= 4 is 0 Å². The van der Waals surface area contributed by atoms with Gasteiger partial charge in [0, 0.05) is 19.6 Å². The highest BCUT2D eigenvalue weighted by molar-refractivity contribution is 5.16. The van der Waals surface area contributed by atoms with Gasteiger partial charge >= 0.3 is 0 Å². The summed E-state index contributed by atoms with van der Waals surface area (Å²) in [6.45, 7) is 2.60. The molecule has 0 radical (unpaired) electrons. The molecule has 1 saturated carbocycles. The van der Waals surface area contributed by atoms with Crippen LogP contribution in [0.4, 0.5) is 4.39 Å². The quantitative estimate of drug-likeness (QED) is 0.797. The van der Waals surface area contributed by atoms with Gasteiger partial charge in [-0.15, -0.1) is 0 Å². The van der Waals surface area contributed by atoms with Crippen molar-refractivity contribution in [2.75, 3.05) is 19.7 Å². The lowest BCUT2D eigenvalue weighted by Crippen LogP contribution is -2.28. The fraction of sp³-hybridized carbons (Fsp3) is 0.538. The molecule has 0 amide bonds. The Balaban J connectivity index is 1.92. The molecule has 1 fully saturated rings. The van der Waals surface area contributed by atoms with Crippen molar-refractivity contribution in [3.63, 3.8) is 0 Å². The molecule has 0 aliphatic heterocycles. The maximum atomic E-state index is 13.0. The monoisotopic (exact) mass is 223 g/mol.